The minimum absolute atomic E-state index is 0.00302. The number of likely N-dealkylation sites (tertiary alicyclic amines) is 2. The number of carbonyl (C=O) groups excluding carboxylic acids is 2. The molecule has 7 heteroatoms. The van der Waals surface area contributed by atoms with Crippen molar-refractivity contribution >= 4 is 11.8 Å². The number of rotatable bonds is 3. The number of hydrogen-bond donors (Lipinski definition) is 0. The van der Waals surface area contributed by atoms with Crippen LogP contribution in [-0.4, -0.2) is 75.2 Å². The van der Waals surface area contributed by atoms with Gasteiger partial charge in [0.15, 0.2) is 0 Å². The van der Waals surface area contributed by atoms with Gasteiger partial charge in [-0.1, -0.05) is 0 Å². The van der Waals surface area contributed by atoms with E-state index in [1.165, 1.54) is 12.8 Å². The monoisotopic (exact) mass is 385 g/mol. The van der Waals surface area contributed by atoms with Gasteiger partial charge in [-0.3, -0.25) is 14.5 Å². The van der Waals surface area contributed by atoms with Gasteiger partial charge < -0.3 is 9.80 Å². The Balaban J connectivity index is 1.35. The molecule has 2 saturated heterocycles. The van der Waals surface area contributed by atoms with Crippen molar-refractivity contribution < 1.29 is 9.59 Å². The third-order valence-electron chi connectivity index (χ3n) is 6.62. The van der Waals surface area contributed by atoms with Gasteiger partial charge in [-0.15, -0.1) is 0 Å². The molecule has 3 aliphatic heterocycles. The Kier molecular flexibility index (Phi) is 5.62. The van der Waals surface area contributed by atoms with E-state index in [4.69, 9.17) is 4.98 Å². The highest BCUT2D eigenvalue weighted by atomic mass is 16.2. The Morgan fingerprint density at radius 1 is 1.07 bits per heavy atom. The standard InChI is InChI=1S/C21H31N5O2/c1-15(24-8-3-4-9-24)21(28)25-10-5-17(6-11-25)20-22-13-18-14-26(16(2)27)12-7-19(18)23-20/h13,15,17H,3-12,14H2,1-2H3/t15-/m0/s1. The normalized spacial score (nSPS) is 22.2. The van der Waals surface area contributed by atoms with Crippen molar-refractivity contribution in [2.24, 2.45) is 0 Å². The van der Waals surface area contributed by atoms with E-state index in [1.807, 2.05) is 16.0 Å². The summed E-state index contributed by atoms with van der Waals surface area (Å²) in [5.41, 5.74) is 2.15. The van der Waals surface area contributed by atoms with Crippen LogP contribution in [0.2, 0.25) is 0 Å². The van der Waals surface area contributed by atoms with Crippen molar-refractivity contribution in [3.63, 3.8) is 0 Å². The molecular weight excluding hydrogens is 354 g/mol. The zero-order valence-electron chi connectivity index (χ0n) is 17.1. The molecule has 1 aromatic rings. The molecule has 0 unspecified atom stereocenters. The topological polar surface area (TPSA) is 69.6 Å². The van der Waals surface area contributed by atoms with Crippen LogP contribution < -0.4 is 0 Å². The number of hydrogen-bond acceptors (Lipinski definition) is 5. The number of carbonyl (C=O) groups is 2. The van der Waals surface area contributed by atoms with Crippen LogP contribution in [0.3, 0.4) is 0 Å². The number of piperidine rings is 1. The lowest BCUT2D eigenvalue weighted by atomic mass is 9.95. The maximum Gasteiger partial charge on any atom is 0.239 e. The maximum absolute atomic E-state index is 12.8. The Morgan fingerprint density at radius 2 is 1.79 bits per heavy atom. The van der Waals surface area contributed by atoms with Crippen LogP contribution in [0.25, 0.3) is 0 Å². The van der Waals surface area contributed by atoms with Crippen LogP contribution in [0.4, 0.5) is 0 Å². The maximum atomic E-state index is 12.8. The largest absolute Gasteiger partial charge is 0.341 e. The molecule has 4 heterocycles. The highest BCUT2D eigenvalue weighted by Crippen LogP contribution is 2.28. The number of fused-ring (bicyclic) bond motifs is 1. The van der Waals surface area contributed by atoms with Gasteiger partial charge >= 0.3 is 0 Å². The first-order valence-corrected chi connectivity index (χ1v) is 10.7. The minimum Gasteiger partial charge on any atom is -0.341 e. The van der Waals surface area contributed by atoms with Crippen LogP contribution >= 0.6 is 0 Å². The lowest BCUT2D eigenvalue weighted by molar-refractivity contribution is -0.137. The van der Waals surface area contributed by atoms with Gasteiger partial charge in [-0.25, -0.2) is 9.97 Å². The lowest BCUT2D eigenvalue weighted by Crippen LogP contribution is -2.48. The second-order valence-corrected chi connectivity index (χ2v) is 8.41. The Hall–Kier alpha value is -2.02. The average molecular weight is 386 g/mol. The van der Waals surface area contributed by atoms with Gasteiger partial charge in [0, 0.05) is 57.2 Å². The molecule has 0 saturated carbocycles. The highest BCUT2D eigenvalue weighted by molar-refractivity contribution is 5.81. The van der Waals surface area contributed by atoms with Gasteiger partial charge in [0.05, 0.1) is 11.7 Å². The first-order valence-electron chi connectivity index (χ1n) is 10.7. The van der Waals surface area contributed by atoms with E-state index in [9.17, 15) is 9.59 Å². The second-order valence-electron chi connectivity index (χ2n) is 8.41. The smallest absolute Gasteiger partial charge is 0.239 e. The fraction of sp³-hybridized carbons (Fsp3) is 0.714. The molecule has 0 aliphatic carbocycles. The summed E-state index contributed by atoms with van der Waals surface area (Å²) >= 11 is 0. The summed E-state index contributed by atoms with van der Waals surface area (Å²) in [5, 5.41) is 0. The predicted octanol–water partition coefficient (Wildman–Crippen LogP) is 1.57. The first kappa shape index (κ1) is 19.3. The molecule has 0 bridgehead atoms. The molecule has 0 radical (unpaired) electrons. The average Bonchev–Trinajstić information content (AvgIpc) is 3.27. The summed E-state index contributed by atoms with van der Waals surface area (Å²) in [4.78, 5) is 40.1. The lowest BCUT2D eigenvalue weighted by Gasteiger charge is -2.35. The molecule has 1 aromatic heterocycles. The summed E-state index contributed by atoms with van der Waals surface area (Å²) in [6, 6.07) is 0.00302. The molecule has 0 spiro atoms. The Labute approximate surface area is 167 Å². The van der Waals surface area contributed by atoms with Crippen molar-refractivity contribution in [1.29, 1.82) is 0 Å². The summed E-state index contributed by atoms with van der Waals surface area (Å²) < 4.78 is 0. The Morgan fingerprint density at radius 3 is 2.46 bits per heavy atom. The fourth-order valence-electron chi connectivity index (χ4n) is 4.70. The van der Waals surface area contributed by atoms with E-state index in [1.54, 1.807) is 6.92 Å². The van der Waals surface area contributed by atoms with Crippen LogP contribution in [0, 0.1) is 0 Å². The summed E-state index contributed by atoms with van der Waals surface area (Å²) in [7, 11) is 0. The van der Waals surface area contributed by atoms with Crippen molar-refractivity contribution in [3.8, 4) is 0 Å². The van der Waals surface area contributed by atoms with E-state index in [-0.39, 0.29) is 17.9 Å². The molecule has 28 heavy (non-hydrogen) atoms. The van der Waals surface area contributed by atoms with Gasteiger partial charge in [0.25, 0.3) is 0 Å². The van der Waals surface area contributed by atoms with Gasteiger partial charge in [0.2, 0.25) is 11.8 Å². The van der Waals surface area contributed by atoms with E-state index in [0.717, 1.165) is 69.1 Å². The highest BCUT2D eigenvalue weighted by Gasteiger charge is 2.32. The van der Waals surface area contributed by atoms with Crippen molar-refractivity contribution in [2.75, 3.05) is 32.7 Å². The molecule has 4 rings (SSSR count). The predicted molar refractivity (Wildman–Crippen MR) is 106 cm³/mol. The van der Waals surface area contributed by atoms with E-state index in [2.05, 4.69) is 16.8 Å². The SMILES string of the molecule is CC(=O)N1CCc2nc(C3CCN(C(=O)[C@H](C)N4CCCC4)CC3)ncc2C1. The van der Waals surface area contributed by atoms with E-state index >= 15 is 0 Å². The van der Waals surface area contributed by atoms with Crippen molar-refractivity contribution in [2.45, 2.75) is 64.5 Å². The summed E-state index contributed by atoms with van der Waals surface area (Å²) in [5.74, 6) is 1.61. The first-order chi connectivity index (χ1) is 13.5. The number of aromatic nitrogens is 2. The zero-order valence-corrected chi connectivity index (χ0v) is 17.1. The second kappa shape index (κ2) is 8.15. The van der Waals surface area contributed by atoms with Gasteiger partial charge in [0.1, 0.15) is 5.82 Å². The molecule has 3 aliphatic rings. The quantitative estimate of drug-likeness (QED) is 0.790. The van der Waals surface area contributed by atoms with Gasteiger partial charge in [-0.2, -0.15) is 0 Å². The van der Waals surface area contributed by atoms with E-state index < -0.39 is 0 Å². The molecular formula is C21H31N5O2. The third-order valence-corrected chi connectivity index (χ3v) is 6.62. The third kappa shape index (κ3) is 3.90. The van der Waals surface area contributed by atoms with Crippen molar-refractivity contribution in [3.05, 3.63) is 23.3 Å². The summed E-state index contributed by atoms with van der Waals surface area (Å²) in [6.07, 6.45) is 6.97. The van der Waals surface area contributed by atoms with Crippen LogP contribution in [0.1, 0.15) is 62.5 Å². The van der Waals surface area contributed by atoms with Crippen LogP contribution in [-0.2, 0) is 22.6 Å². The molecule has 2 amide bonds. The number of nitrogens with zero attached hydrogens (tertiary/aromatic N) is 5. The molecule has 7 nitrogen and oxygen atoms in total. The fourth-order valence-corrected chi connectivity index (χ4v) is 4.70. The molecule has 1 atom stereocenters. The van der Waals surface area contributed by atoms with Crippen LogP contribution in [0.5, 0.6) is 0 Å². The number of amides is 2. The summed E-state index contributed by atoms with van der Waals surface area (Å²) in [6.45, 7) is 8.70. The zero-order chi connectivity index (χ0) is 19.7. The minimum atomic E-state index is 0.00302. The Bertz CT molecular complexity index is 738. The van der Waals surface area contributed by atoms with E-state index in [0.29, 0.717) is 12.5 Å². The molecule has 152 valence electrons. The molecule has 0 aromatic carbocycles. The van der Waals surface area contributed by atoms with Crippen molar-refractivity contribution in [1.82, 2.24) is 24.7 Å². The van der Waals surface area contributed by atoms with Crippen LogP contribution in [0.15, 0.2) is 6.20 Å². The molecule has 0 N–H and O–H groups in total. The molecule has 2 fully saturated rings. The van der Waals surface area contributed by atoms with Gasteiger partial charge in [-0.05, 0) is 45.7 Å².